The van der Waals surface area contributed by atoms with Crippen LogP contribution in [0.25, 0.3) is 0 Å². The molecule has 0 N–H and O–H groups in total. The van der Waals surface area contributed by atoms with Crippen LogP contribution in [0.5, 0.6) is 0 Å². The normalized spacial score (nSPS) is 9.58. The van der Waals surface area contributed by atoms with Crippen molar-refractivity contribution in [2.45, 2.75) is 6.92 Å². The van der Waals surface area contributed by atoms with Crippen molar-refractivity contribution in [1.82, 2.24) is 0 Å². The van der Waals surface area contributed by atoms with Gasteiger partial charge in [-0.15, -0.1) is 5.12 Å². The van der Waals surface area contributed by atoms with Gasteiger partial charge >= 0.3 is 0 Å². The van der Waals surface area contributed by atoms with Crippen LogP contribution in [0.2, 0.25) is 0 Å². The number of hydrogen-bond acceptors (Lipinski definition) is 1. The highest BCUT2D eigenvalue weighted by Gasteiger charge is 2.11. The number of rotatable bonds is 1. The van der Waals surface area contributed by atoms with Gasteiger partial charge in [-0.1, -0.05) is 16.6 Å². The van der Waals surface area contributed by atoms with Gasteiger partial charge in [0.15, 0.2) is 0 Å². The van der Waals surface area contributed by atoms with Gasteiger partial charge in [0.2, 0.25) is 0 Å². The summed E-state index contributed by atoms with van der Waals surface area (Å²) >= 11 is 3.13. The van der Waals surface area contributed by atoms with Gasteiger partial charge in [0.25, 0.3) is 5.91 Å². The molecule has 0 aliphatic carbocycles. The SMILES string of the molecule is CC(=O)N(F)c1ccccc1Br. The summed E-state index contributed by atoms with van der Waals surface area (Å²) in [5.74, 6) is -0.637. The monoisotopic (exact) mass is 231 g/mol. The molecule has 64 valence electrons. The Labute approximate surface area is 78.1 Å². The molecule has 0 heterocycles. The van der Waals surface area contributed by atoms with E-state index in [0.717, 1.165) is 0 Å². The first kappa shape index (κ1) is 9.19. The standard InChI is InChI=1S/C8H7BrFNO/c1-6(12)11(10)8-5-3-2-4-7(8)9/h2-5H,1H3. The summed E-state index contributed by atoms with van der Waals surface area (Å²) in [6.45, 7) is 1.17. The Bertz CT molecular complexity index is 303. The Hall–Kier alpha value is -0.900. The van der Waals surface area contributed by atoms with Gasteiger partial charge in [0, 0.05) is 11.4 Å². The van der Waals surface area contributed by atoms with E-state index in [1.54, 1.807) is 18.2 Å². The number of amides is 1. The lowest BCUT2D eigenvalue weighted by atomic mass is 10.3. The molecule has 1 aromatic rings. The molecule has 1 amide bonds. The first-order valence-electron chi connectivity index (χ1n) is 3.34. The fourth-order valence-corrected chi connectivity index (χ4v) is 1.22. The zero-order valence-electron chi connectivity index (χ0n) is 6.42. The Morgan fingerprint density at radius 2 is 2.08 bits per heavy atom. The topological polar surface area (TPSA) is 20.3 Å². The van der Waals surface area contributed by atoms with Gasteiger partial charge in [-0.25, -0.2) is 0 Å². The molecule has 4 heteroatoms. The average Bonchev–Trinajstić information content (AvgIpc) is 2.04. The maximum Gasteiger partial charge on any atom is 0.251 e. The van der Waals surface area contributed by atoms with E-state index in [9.17, 15) is 9.28 Å². The Morgan fingerprint density at radius 1 is 1.50 bits per heavy atom. The van der Waals surface area contributed by atoms with Crippen LogP contribution in [0.15, 0.2) is 28.7 Å². The third kappa shape index (κ3) is 1.82. The predicted molar refractivity (Wildman–Crippen MR) is 48.4 cm³/mol. The largest absolute Gasteiger partial charge is 0.272 e. The minimum atomic E-state index is -0.637. The first-order valence-corrected chi connectivity index (χ1v) is 4.13. The first-order chi connectivity index (χ1) is 5.63. The predicted octanol–water partition coefficient (Wildman–Crippen LogP) is 2.69. The van der Waals surface area contributed by atoms with E-state index in [-0.39, 0.29) is 10.8 Å². The van der Waals surface area contributed by atoms with Gasteiger partial charge in [-0.2, -0.15) is 0 Å². The van der Waals surface area contributed by atoms with Gasteiger partial charge in [-0.3, -0.25) is 4.79 Å². The average molecular weight is 232 g/mol. The van der Waals surface area contributed by atoms with Crippen LogP contribution in [-0.2, 0) is 4.79 Å². The van der Waals surface area contributed by atoms with Crippen molar-refractivity contribution < 1.29 is 9.28 Å². The van der Waals surface area contributed by atoms with Crippen molar-refractivity contribution >= 4 is 27.5 Å². The highest BCUT2D eigenvalue weighted by atomic mass is 79.9. The summed E-state index contributed by atoms with van der Waals surface area (Å²) in [6.07, 6.45) is 0. The zero-order chi connectivity index (χ0) is 9.14. The number of carbonyl (C=O) groups is 1. The highest BCUT2D eigenvalue weighted by molar-refractivity contribution is 9.10. The van der Waals surface area contributed by atoms with Crippen molar-refractivity contribution in [1.29, 1.82) is 0 Å². The molecule has 12 heavy (non-hydrogen) atoms. The van der Waals surface area contributed by atoms with E-state index in [0.29, 0.717) is 4.47 Å². The van der Waals surface area contributed by atoms with E-state index in [1.807, 2.05) is 0 Å². The molecule has 1 rings (SSSR count). The Kier molecular flexibility index (Phi) is 2.81. The molecule has 0 fully saturated rings. The summed E-state index contributed by atoms with van der Waals surface area (Å²) in [4.78, 5) is 10.6. The smallest absolute Gasteiger partial charge is 0.251 e. The maximum absolute atomic E-state index is 13.0. The lowest BCUT2D eigenvalue weighted by Gasteiger charge is -2.10. The molecule has 0 bridgehead atoms. The second-order valence-electron chi connectivity index (χ2n) is 2.25. The van der Waals surface area contributed by atoms with Crippen molar-refractivity contribution in [2.24, 2.45) is 0 Å². The number of halogens is 2. The number of anilines is 1. The third-order valence-electron chi connectivity index (χ3n) is 1.34. The molecule has 0 radical (unpaired) electrons. The van der Waals surface area contributed by atoms with Crippen molar-refractivity contribution in [3.8, 4) is 0 Å². The van der Waals surface area contributed by atoms with E-state index in [2.05, 4.69) is 15.9 Å². The van der Waals surface area contributed by atoms with Gasteiger partial charge in [0.05, 0.1) is 5.69 Å². The quantitative estimate of drug-likeness (QED) is 0.681. The van der Waals surface area contributed by atoms with Crippen LogP contribution in [0, 0.1) is 0 Å². The second-order valence-corrected chi connectivity index (χ2v) is 3.11. The van der Waals surface area contributed by atoms with E-state index in [4.69, 9.17) is 0 Å². The molecule has 0 aliphatic heterocycles. The third-order valence-corrected chi connectivity index (χ3v) is 2.01. The van der Waals surface area contributed by atoms with Crippen LogP contribution in [0.3, 0.4) is 0 Å². The fourth-order valence-electron chi connectivity index (χ4n) is 0.781. The number of nitrogens with zero attached hydrogens (tertiary/aromatic N) is 1. The van der Waals surface area contributed by atoms with E-state index >= 15 is 0 Å². The molecule has 0 spiro atoms. The maximum atomic E-state index is 13.0. The molecule has 0 saturated heterocycles. The summed E-state index contributed by atoms with van der Waals surface area (Å²) in [5, 5.41) is 0.101. The lowest BCUT2D eigenvalue weighted by molar-refractivity contribution is -0.119. The fraction of sp³-hybridized carbons (Fsp3) is 0.125. The molecular weight excluding hydrogens is 225 g/mol. The molecule has 2 nitrogen and oxygen atoms in total. The van der Waals surface area contributed by atoms with Crippen LogP contribution < -0.4 is 5.12 Å². The summed E-state index contributed by atoms with van der Waals surface area (Å²) < 4.78 is 13.5. The van der Waals surface area contributed by atoms with Gasteiger partial charge in [-0.05, 0) is 28.1 Å². The molecule has 0 unspecified atom stereocenters. The highest BCUT2D eigenvalue weighted by Crippen LogP contribution is 2.25. The molecule has 1 aromatic carbocycles. The lowest BCUT2D eigenvalue weighted by Crippen LogP contribution is -2.18. The molecule has 0 aliphatic rings. The minimum Gasteiger partial charge on any atom is -0.272 e. The molecule has 0 aromatic heterocycles. The van der Waals surface area contributed by atoms with Crippen LogP contribution in [-0.4, -0.2) is 5.91 Å². The minimum absolute atomic E-state index is 0.101. The second kappa shape index (κ2) is 3.67. The van der Waals surface area contributed by atoms with Crippen LogP contribution in [0.4, 0.5) is 10.2 Å². The molecular formula is C8H7BrFNO. The van der Waals surface area contributed by atoms with Crippen molar-refractivity contribution in [3.63, 3.8) is 0 Å². The van der Waals surface area contributed by atoms with Crippen molar-refractivity contribution in [3.05, 3.63) is 28.7 Å². The van der Waals surface area contributed by atoms with Crippen molar-refractivity contribution in [2.75, 3.05) is 5.12 Å². The Morgan fingerprint density at radius 3 is 2.58 bits per heavy atom. The van der Waals surface area contributed by atoms with E-state index in [1.165, 1.54) is 13.0 Å². The molecule has 0 saturated carbocycles. The number of carbonyl (C=O) groups excluding carboxylic acids is 1. The van der Waals surface area contributed by atoms with Crippen LogP contribution in [0.1, 0.15) is 6.92 Å². The van der Waals surface area contributed by atoms with Gasteiger partial charge < -0.3 is 0 Å². The summed E-state index contributed by atoms with van der Waals surface area (Å²) in [7, 11) is 0. The van der Waals surface area contributed by atoms with Gasteiger partial charge in [0.1, 0.15) is 0 Å². The number of para-hydroxylation sites is 1. The zero-order valence-corrected chi connectivity index (χ0v) is 8.01. The summed E-state index contributed by atoms with van der Waals surface area (Å²) in [5.41, 5.74) is 0.227. The van der Waals surface area contributed by atoms with Crippen LogP contribution >= 0.6 is 15.9 Å². The number of benzene rings is 1. The molecule has 0 atom stereocenters. The van der Waals surface area contributed by atoms with E-state index < -0.39 is 5.91 Å². The number of hydrogen-bond donors (Lipinski definition) is 0. The Balaban J connectivity index is 3.02. The summed E-state index contributed by atoms with van der Waals surface area (Å²) in [6, 6.07) is 6.60.